The van der Waals surface area contributed by atoms with E-state index in [1.807, 2.05) is 38.1 Å². The van der Waals surface area contributed by atoms with E-state index in [0.29, 0.717) is 17.8 Å². The standard InChI is InChI=1S/C17H20N2OS/c1-12-10-13(2)16(18)11-15(12)17(20)19-8-9-21-14-6-4-3-5-7-14/h3-7,10-11H,8-9,18H2,1-2H3,(H,19,20). The maximum atomic E-state index is 12.2. The van der Waals surface area contributed by atoms with E-state index >= 15 is 0 Å². The first-order chi connectivity index (χ1) is 10.1. The van der Waals surface area contributed by atoms with Crippen molar-refractivity contribution in [2.45, 2.75) is 18.7 Å². The Kier molecular flexibility index (Phi) is 5.28. The molecule has 0 aliphatic carbocycles. The number of amides is 1. The lowest BCUT2D eigenvalue weighted by Crippen LogP contribution is -2.26. The van der Waals surface area contributed by atoms with E-state index in [4.69, 9.17) is 5.73 Å². The Bertz CT molecular complexity index is 626. The van der Waals surface area contributed by atoms with E-state index in [1.54, 1.807) is 17.8 Å². The minimum atomic E-state index is -0.0622. The molecule has 110 valence electrons. The normalized spacial score (nSPS) is 10.4. The van der Waals surface area contributed by atoms with Crippen LogP contribution in [0.4, 0.5) is 5.69 Å². The van der Waals surface area contributed by atoms with Crippen LogP contribution >= 0.6 is 11.8 Å². The van der Waals surface area contributed by atoms with Gasteiger partial charge < -0.3 is 11.1 Å². The molecule has 0 unspecified atom stereocenters. The summed E-state index contributed by atoms with van der Waals surface area (Å²) in [6, 6.07) is 13.9. The van der Waals surface area contributed by atoms with Crippen molar-refractivity contribution in [2.75, 3.05) is 18.0 Å². The number of nitrogens with one attached hydrogen (secondary N) is 1. The van der Waals surface area contributed by atoms with E-state index in [2.05, 4.69) is 17.4 Å². The van der Waals surface area contributed by atoms with Gasteiger partial charge in [-0.1, -0.05) is 24.3 Å². The highest BCUT2D eigenvalue weighted by molar-refractivity contribution is 7.99. The van der Waals surface area contributed by atoms with Crippen molar-refractivity contribution in [3.63, 3.8) is 0 Å². The van der Waals surface area contributed by atoms with Gasteiger partial charge in [-0.25, -0.2) is 0 Å². The first-order valence-electron chi connectivity index (χ1n) is 6.90. The maximum absolute atomic E-state index is 12.2. The van der Waals surface area contributed by atoms with Gasteiger partial charge >= 0.3 is 0 Å². The van der Waals surface area contributed by atoms with E-state index in [9.17, 15) is 4.79 Å². The van der Waals surface area contributed by atoms with Crippen LogP contribution in [0.3, 0.4) is 0 Å². The average molecular weight is 300 g/mol. The minimum Gasteiger partial charge on any atom is -0.398 e. The molecule has 0 saturated heterocycles. The largest absolute Gasteiger partial charge is 0.398 e. The topological polar surface area (TPSA) is 55.1 Å². The van der Waals surface area contributed by atoms with Gasteiger partial charge in [-0.3, -0.25) is 4.79 Å². The summed E-state index contributed by atoms with van der Waals surface area (Å²) in [6.45, 7) is 4.51. The van der Waals surface area contributed by atoms with E-state index in [-0.39, 0.29) is 5.91 Å². The van der Waals surface area contributed by atoms with Crippen LogP contribution in [0, 0.1) is 13.8 Å². The predicted molar refractivity (Wildman–Crippen MR) is 89.8 cm³/mol. The number of nitrogens with two attached hydrogens (primary N) is 1. The molecule has 0 heterocycles. The van der Waals surface area contributed by atoms with E-state index in [1.165, 1.54) is 4.90 Å². The quantitative estimate of drug-likeness (QED) is 0.505. The van der Waals surface area contributed by atoms with Gasteiger partial charge in [-0.15, -0.1) is 11.8 Å². The van der Waals surface area contributed by atoms with Gasteiger partial charge in [0.05, 0.1) is 0 Å². The number of aryl methyl sites for hydroxylation is 2. The molecule has 0 fully saturated rings. The van der Waals surface area contributed by atoms with Crippen molar-refractivity contribution >= 4 is 23.4 Å². The van der Waals surface area contributed by atoms with Crippen LogP contribution < -0.4 is 11.1 Å². The van der Waals surface area contributed by atoms with Crippen LogP contribution in [0.2, 0.25) is 0 Å². The number of nitrogen functional groups attached to an aromatic ring is 1. The van der Waals surface area contributed by atoms with Crippen LogP contribution in [-0.2, 0) is 0 Å². The molecule has 0 saturated carbocycles. The molecule has 0 aliphatic rings. The van der Waals surface area contributed by atoms with Crippen molar-refractivity contribution in [1.82, 2.24) is 5.32 Å². The summed E-state index contributed by atoms with van der Waals surface area (Å²) in [6.07, 6.45) is 0. The van der Waals surface area contributed by atoms with Crippen molar-refractivity contribution < 1.29 is 4.79 Å². The third-order valence-corrected chi connectivity index (χ3v) is 4.27. The van der Waals surface area contributed by atoms with Crippen molar-refractivity contribution in [3.05, 3.63) is 59.2 Å². The second-order valence-electron chi connectivity index (χ2n) is 4.94. The smallest absolute Gasteiger partial charge is 0.251 e. The van der Waals surface area contributed by atoms with Crippen LogP contribution in [0.5, 0.6) is 0 Å². The molecule has 21 heavy (non-hydrogen) atoms. The molecule has 0 aliphatic heterocycles. The van der Waals surface area contributed by atoms with E-state index < -0.39 is 0 Å². The molecular formula is C17H20N2OS. The fourth-order valence-electron chi connectivity index (χ4n) is 2.06. The molecule has 0 spiro atoms. The summed E-state index contributed by atoms with van der Waals surface area (Å²) in [5.74, 6) is 0.781. The fraction of sp³-hybridized carbons (Fsp3) is 0.235. The molecule has 2 rings (SSSR count). The molecular weight excluding hydrogens is 280 g/mol. The van der Waals surface area contributed by atoms with Gasteiger partial charge in [-0.05, 0) is 43.2 Å². The zero-order chi connectivity index (χ0) is 15.2. The molecule has 0 radical (unpaired) electrons. The Morgan fingerprint density at radius 3 is 2.57 bits per heavy atom. The third kappa shape index (κ3) is 4.26. The lowest BCUT2D eigenvalue weighted by Gasteiger charge is -2.10. The molecule has 4 heteroatoms. The van der Waals surface area contributed by atoms with Gasteiger partial charge in [-0.2, -0.15) is 0 Å². The fourth-order valence-corrected chi connectivity index (χ4v) is 2.85. The Hall–Kier alpha value is -1.94. The van der Waals surface area contributed by atoms with Crippen LogP contribution in [-0.4, -0.2) is 18.2 Å². The predicted octanol–water partition coefficient (Wildman–Crippen LogP) is 3.41. The highest BCUT2D eigenvalue weighted by Gasteiger charge is 2.10. The van der Waals surface area contributed by atoms with Crippen molar-refractivity contribution in [2.24, 2.45) is 0 Å². The van der Waals surface area contributed by atoms with Gasteiger partial charge in [0.2, 0.25) is 0 Å². The Morgan fingerprint density at radius 2 is 1.86 bits per heavy atom. The second-order valence-corrected chi connectivity index (χ2v) is 6.11. The zero-order valence-corrected chi connectivity index (χ0v) is 13.2. The first kappa shape index (κ1) is 15.4. The summed E-state index contributed by atoms with van der Waals surface area (Å²) in [4.78, 5) is 13.4. The number of rotatable bonds is 5. The number of hydrogen-bond acceptors (Lipinski definition) is 3. The van der Waals surface area contributed by atoms with Crippen LogP contribution in [0.1, 0.15) is 21.5 Å². The molecule has 0 aromatic heterocycles. The lowest BCUT2D eigenvalue weighted by molar-refractivity contribution is 0.0955. The summed E-state index contributed by atoms with van der Waals surface area (Å²) in [5, 5.41) is 2.94. The highest BCUT2D eigenvalue weighted by atomic mass is 32.2. The number of thioether (sulfide) groups is 1. The Morgan fingerprint density at radius 1 is 1.14 bits per heavy atom. The number of hydrogen-bond donors (Lipinski definition) is 2. The molecule has 0 bridgehead atoms. The van der Waals surface area contributed by atoms with Gasteiger partial charge in [0.25, 0.3) is 5.91 Å². The van der Waals surface area contributed by atoms with E-state index in [0.717, 1.165) is 16.9 Å². The van der Waals surface area contributed by atoms with Crippen LogP contribution in [0.15, 0.2) is 47.4 Å². The first-order valence-corrected chi connectivity index (χ1v) is 7.89. The Balaban J connectivity index is 1.86. The molecule has 2 aromatic carbocycles. The zero-order valence-electron chi connectivity index (χ0n) is 12.3. The van der Waals surface area contributed by atoms with Gasteiger partial charge in [0.15, 0.2) is 0 Å². The molecule has 3 nitrogen and oxygen atoms in total. The minimum absolute atomic E-state index is 0.0622. The third-order valence-electron chi connectivity index (χ3n) is 3.26. The Labute approximate surface area is 129 Å². The maximum Gasteiger partial charge on any atom is 0.251 e. The molecule has 2 aromatic rings. The van der Waals surface area contributed by atoms with Crippen molar-refractivity contribution in [3.8, 4) is 0 Å². The molecule has 3 N–H and O–H groups in total. The number of benzene rings is 2. The SMILES string of the molecule is Cc1cc(C)c(C(=O)NCCSc2ccccc2)cc1N. The molecule has 0 atom stereocenters. The monoisotopic (exact) mass is 300 g/mol. The summed E-state index contributed by atoms with van der Waals surface area (Å²) < 4.78 is 0. The van der Waals surface area contributed by atoms with Gasteiger partial charge in [0.1, 0.15) is 0 Å². The summed E-state index contributed by atoms with van der Waals surface area (Å²) >= 11 is 1.73. The highest BCUT2D eigenvalue weighted by Crippen LogP contribution is 2.18. The number of carbonyl (C=O) groups excluding carboxylic acids is 1. The average Bonchev–Trinajstić information content (AvgIpc) is 2.48. The number of anilines is 1. The summed E-state index contributed by atoms with van der Waals surface area (Å²) in [7, 11) is 0. The van der Waals surface area contributed by atoms with Crippen LogP contribution in [0.25, 0.3) is 0 Å². The van der Waals surface area contributed by atoms with Gasteiger partial charge in [0, 0.05) is 28.4 Å². The summed E-state index contributed by atoms with van der Waals surface area (Å²) in [5.41, 5.74) is 9.14. The number of carbonyl (C=O) groups is 1. The van der Waals surface area contributed by atoms with Crippen molar-refractivity contribution in [1.29, 1.82) is 0 Å². The molecule has 1 amide bonds. The lowest BCUT2D eigenvalue weighted by atomic mass is 10.0. The second kappa shape index (κ2) is 7.18.